The zero-order chi connectivity index (χ0) is 21.2. The maximum atomic E-state index is 13.1. The number of nitrogens with zero attached hydrogens (tertiary/aromatic N) is 3. The fraction of sp³-hybridized carbons (Fsp3) is 0.154. The van der Waals surface area contributed by atoms with Gasteiger partial charge in [0.25, 0.3) is 5.91 Å². The molecule has 31 heavy (non-hydrogen) atoms. The predicted octanol–water partition coefficient (Wildman–Crippen LogP) is 4.50. The van der Waals surface area contributed by atoms with Gasteiger partial charge in [0.05, 0.1) is 11.4 Å². The van der Waals surface area contributed by atoms with Crippen molar-refractivity contribution in [2.75, 3.05) is 7.05 Å². The van der Waals surface area contributed by atoms with Crippen molar-refractivity contribution >= 4 is 5.91 Å². The summed E-state index contributed by atoms with van der Waals surface area (Å²) in [5, 5.41) is 4.84. The lowest BCUT2D eigenvalue weighted by molar-refractivity contribution is -0.137. The van der Waals surface area contributed by atoms with E-state index < -0.39 is 6.10 Å². The molecule has 0 saturated carbocycles. The second kappa shape index (κ2) is 8.11. The highest BCUT2D eigenvalue weighted by molar-refractivity contribution is 5.82. The van der Waals surface area contributed by atoms with E-state index >= 15 is 0 Å². The van der Waals surface area contributed by atoms with Gasteiger partial charge in [-0.3, -0.25) is 4.79 Å². The lowest BCUT2D eigenvalue weighted by atomic mass is 10.1. The fourth-order valence-electron chi connectivity index (χ4n) is 3.98. The summed E-state index contributed by atoms with van der Waals surface area (Å²) in [6.07, 6.45) is 2.13. The molecule has 1 aliphatic rings. The van der Waals surface area contributed by atoms with Crippen molar-refractivity contribution in [2.45, 2.75) is 19.1 Å². The molecule has 0 saturated heterocycles. The average molecular weight is 409 g/mol. The minimum Gasteiger partial charge on any atom is -0.480 e. The first-order chi connectivity index (χ1) is 15.2. The van der Waals surface area contributed by atoms with Crippen LogP contribution in [0.2, 0.25) is 0 Å². The van der Waals surface area contributed by atoms with Crippen LogP contribution in [0.1, 0.15) is 11.1 Å². The van der Waals surface area contributed by atoms with Gasteiger partial charge in [-0.05, 0) is 23.8 Å². The molecule has 1 aliphatic heterocycles. The number of hydrogen-bond donors (Lipinski definition) is 0. The van der Waals surface area contributed by atoms with Crippen LogP contribution >= 0.6 is 0 Å². The topological polar surface area (TPSA) is 47.4 Å². The molecule has 0 bridgehead atoms. The van der Waals surface area contributed by atoms with E-state index in [-0.39, 0.29) is 5.91 Å². The number of aromatic nitrogens is 2. The van der Waals surface area contributed by atoms with E-state index in [1.54, 1.807) is 4.90 Å². The van der Waals surface area contributed by atoms with Gasteiger partial charge in [0, 0.05) is 37.3 Å². The van der Waals surface area contributed by atoms with Gasteiger partial charge in [-0.1, -0.05) is 66.7 Å². The van der Waals surface area contributed by atoms with Crippen LogP contribution in [0.5, 0.6) is 5.75 Å². The van der Waals surface area contributed by atoms with Gasteiger partial charge in [-0.25, -0.2) is 4.68 Å². The molecular formula is C26H23N3O2. The van der Waals surface area contributed by atoms with Crippen LogP contribution in [0.4, 0.5) is 0 Å². The summed E-state index contributed by atoms with van der Waals surface area (Å²) in [5.41, 5.74) is 4.95. The molecule has 1 amide bonds. The number of carbonyl (C=O) groups is 1. The first-order valence-electron chi connectivity index (χ1n) is 10.4. The van der Waals surface area contributed by atoms with Crippen LogP contribution in [0.3, 0.4) is 0 Å². The molecular weight excluding hydrogens is 386 g/mol. The predicted molar refractivity (Wildman–Crippen MR) is 120 cm³/mol. The van der Waals surface area contributed by atoms with Crippen molar-refractivity contribution in [2.24, 2.45) is 0 Å². The molecule has 5 heteroatoms. The number of para-hydroxylation sites is 2. The van der Waals surface area contributed by atoms with Crippen molar-refractivity contribution in [1.29, 1.82) is 0 Å². The first-order valence-corrected chi connectivity index (χ1v) is 10.4. The maximum absolute atomic E-state index is 13.1. The normalized spacial score (nSPS) is 14.7. The molecule has 1 aromatic heterocycles. The molecule has 1 unspecified atom stereocenters. The molecule has 5 rings (SSSR count). The highest BCUT2D eigenvalue weighted by Crippen LogP contribution is 2.30. The molecule has 4 aromatic rings. The van der Waals surface area contributed by atoms with Crippen LogP contribution in [-0.2, 0) is 17.8 Å². The summed E-state index contributed by atoms with van der Waals surface area (Å²) in [6, 6.07) is 27.9. The monoisotopic (exact) mass is 409 g/mol. The Labute approximate surface area is 181 Å². The van der Waals surface area contributed by atoms with Crippen LogP contribution in [0, 0.1) is 0 Å². The smallest absolute Gasteiger partial charge is 0.264 e. The molecule has 0 aliphatic carbocycles. The number of benzene rings is 3. The highest BCUT2D eigenvalue weighted by Gasteiger charge is 2.31. The van der Waals surface area contributed by atoms with Gasteiger partial charge in [0.1, 0.15) is 5.75 Å². The summed E-state index contributed by atoms with van der Waals surface area (Å²) >= 11 is 0. The molecule has 0 radical (unpaired) electrons. The quantitative estimate of drug-likeness (QED) is 0.488. The van der Waals surface area contributed by atoms with Crippen molar-refractivity contribution < 1.29 is 9.53 Å². The number of carbonyl (C=O) groups excluding carboxylic acids is 1. The lowest BCUT2D eigenvalue weighted by Gasteiger charge is -2.20. The summed E-state index contributed by atoms with van der Waals surface area (Å²) < 4.78 is 7.78. The minimum atomic E-state index is -0.480. The number of rotatable bonds is 5. The summed E-state index contributed by atoms with van der Waals surface area (Å²) in [5.74, 6) is 0.777. The molecule has 0 spiro atoms. The third-order valence-corrected chi connectivity index (χ3v) is 5.56. The van der Waals surface area contributed by atoms with E-state index in [2.05, 4.69) is 0 Å². The fourth-order valence-corrected chi connectivity index (χ4v) is 3.98. The Morgan fingerprint density at radius 1 is 1.00 bits per heavy atom. The Bertz CT molecular complexity index is 1180. The third-order valence-electron chi connectivity index (χ3n) is 5.56. The average Bonchev–Trinajstić information content (AvgIpc) is 3.44. The molecule has 154 valence electrons. The van der Waals surface area contributed by atoms with Gasteiger partial charge < -0.3 is 9.64 Å². The lowest BCUT2D eigenvalue weighted by Crippen LogP contribution is -2.38. The largest absolute Gasteiger partial charge is 0.480 e. The SMILES string of the molecule is CN(Cc1cn(-c2ccccc2)nc1-c1ccccc1)C(=O)C1Cc2ccccc2O1. The summed E-state index contributed by atoms with van der Waals surface area (Å²) in [6.45, 7) is 0.450. The van der Waals surface area contributed by atoms with E-state index in [0.29, 0.717) is 13.0 Å². The zero-order valence-corrected chi connectivity index (χ0v) is 17.3. The molecule has 3 aromatic carbocycles. The van der Waals surface area contributed by atoms with E-state index in [1.807, 2.05) is 103 Å². The highest BCUT2D eigenvalue weighted by atomic mass is 16.5. The van der Waals surface area contributed by atoms with Gasteiger partial charge >= 0.3 is 0 Å². The van der Waals surface area contributed by atoms with Gasteiger partial charge in [0.15, 0.2) is 6.10 Å². The van der Waals surface area contributed by atoms with Gasteiger partial charge in [-0.2, -0.15) is 5.10 Å². The third kappa shape index (κ3) is 3.82. The minimum absolute atomic E-state index is 0.0253. The maximum Gasteiger partial charge on any atom is 0.264 e. The Balaban J connectivity index is 1.41. The standard InChI is InChI=1S/C26H23N3O2/c1-28(26(30)24-16-20-12-8-9-15-23(20)31-24)17-21-18-29(22-13-6-3-7-14-22)27-25(21)19-10-4-2-5-11-19/h2-15,18,24H,16-17H2,1H3. The van der Waals surface area contributed by atoms with Crippen LogP contribution < -0.4 is 4.74 Å². The van der Waals surface area contributed by atoms with Gasteiger partial charge in [0.2, 0.25) is 0 Å². The molecule has 0 N–H and O–H groups in total. The Kier molecular flexibility index (Phi) is 5.00. The van der Waals surface area contributed by atoms with Crippen molar-refractivity contribution in [3.8, 4) is 22.7 Å². The molecule has 5 nitrogen and oxygen atoms in total. The summed E-state index contributed by atoms with van der Waals surface area (Å²) in [4.78, 5) is 14.8. The zero-order valence-electron chi connectivity index (χ0n) is 17.3. The summed E-state index contributed by atoms with van der Waals surface area (Å²) in [7, 11) is 1.82. The second-order valence-electron chi connectivity index (χ2n) is 7.76. The Hall–Kier alpha value is -3.86. The van der Waals surface area contributed by atoms with Crippen LogP contribution in [-0.4, -0.2) is 33.7 Å². The Morgan fingerprint density at radius 3 is 2.42 bits per heavy atom. The van der Waals surface area contributed by atoms with E-state index in [4.69, 9.17) is 9.84 Å². The number of likely N-dealkylation sites (N-methyl/N-ethyl adjacent to an activating group) is 1. The van der Waals surface area contributed by atoms with Crippen molar-refractivity contribution in [3.05, 3.63) is 102 Å². The molecule has 1 atom stereocenters. The van der Waals surface area contributed by atoms with Crippen molar-refractivity contribution in [3.63, 3.8) is 0 Å². The van der Waals surface area contributed by atoms with Crippen LogP contribution in [0.25, 0.3) is 16.9 Å². The number of hydrogen-bond acceptors (Lipinski definition) is 3. The van der Waals surface area contributed by atoms with E-state index in [0.717, 1.165) is 33.8 Å². The second-order valence-corrected chi connectivity index (χ2v) is 7.76. The number of amides is 1. The number of fused-ring (bicyclic) bond motifs is 1. The van der Waals surface area contributed by atoms with E-state index in [1.165, 1.54) is 0 Å². The van der Waals surface area contributed by atoms with Crippen molar-refractivity contribution in [1.82, 2.24) is 14.7 Å². The van der Waals surface area contributed by atoms with Crippen LogP contribution in [0.15, 0.2) is 91.1 Å². The first kappa shape index (κ1) is 19.1. The van der Waals surface area contributed by atoms with Gasteiger partial charge in [-0.15, -0.1) is 0 Å². The molecule has 2 heterocycles. The number of ether oxygens (including phenoxy) is 1. The Morgan fingerprint density at radius 2 is 1.68 bits per heavy atom. The molecule has 0 fully saturated rings. The van der Waals surface area contributed by atoms with E-state index in [9.17, 15) is 4.79 Å².